The van der Waals surface area contributed by atoms with Crippen molar-refractivity contribution in [3.8, 4) is 16.9 Å². The van der Waals surface area contributed by atoms with Crippen molar-refractivity contribution < 1.29 is 35.1 Å². The number of benzene rings is 1. The topological polar surface area (TPSA) is 231 Å². The van der Waals surface area contributed by atoms with E-state index in [-0.39, 0.29) is 50.3 Å². The lowest BCUT2D eigenvalue weighted by Crippen LogP contribution is -2.56. The average molecular weight is 672 g/mol. The predicted molar refractivity (Wildman–Crippen MR) is 161 cm³/mol. The number of hydrogen-bond acceptors (Lipinski definition) is 10. The number of carbonyl (C=O) groups is 2. The monoisotopic (exact) mass is 671 g/mol. The third-order valence-corrected chi connectivity index (χ3v) is 7.28. The molecular weight excluding hydrogens is 642 g/mol. The van der Waals surface area contributed by atoms with Crippen molar-refractivity contribution in [2.75, 3.05) is 0 Å². The molecule has 0 atom stereocenters. The smallest absolute Gasteiger partial charge is 0.355 e. The zero-order chi connectivity index (χ0) is 32.7. The fourth-order valence-electron chi connectivity index (χ4n) is 4.56. The zero-order valence-corrected chi connectivity index (χ0v) is 25.6. The van der Waals surface area contributed by atoms with Crippen molar-refractivity contribution in [1.29, 1.82) is 0 Å². The SMILES string of the molecule is C/C=C(\C=C(/CC)NC(=O)c1nc(C)cc2cc(-c3ccc(-n4c(Br)nn(C)c4=O)cc3)n(C(O)(O)C(O)(O)O)c12)C(N)=O. The van der Waals surface area contributed by atoms with Gasteiger partial charge in [-0.15, -0.1) is 5.10 Å². The van der Waals surface area contributed by atoms with Gasteiger partial charge in [0.2, 0.25) is 10.6 Å². The number of fused-ring (bicyclic) bond motifs is 1. The number of hydrogen-bond donors (Lipinski definition) is 7. The second-order valence-corrected chi connectivity index (χ2v) is 10.5. The number of allylic oxidation sites excluding steroid dienone is 2. The number of halogens is 1. The first kappa shape index (κ1) is 32.5. The van der Waals surface area contributed by atoms with E-state index in [0.717, 1.165) is 4.68 Å². The number of primary amides is 1. The third-order valence-electron chi connectivity index (χ3n) is 6.77. The minimum absolute atomic E-state index is 0.0756. The molecule has 4 rings (SSSR count). The molecule has 0 spiro atoms. The van der Waals surface area contributed by atoms with Crippen LogP contribution in [0.2, 0.25) is 0 Å². The molecule has 0 aliphatic heterocycles. The first-order valence-electron chi connectivity index (χ1n) is 13.1. The number of aryl methyl sites for hydroxylation is 2. The van der Waals surface area contributed by atoms with E-state index in [1.807, 2.05) is 0 Å². The average Bonchev–Trinajstić information content (AvgIpc) is 3.45. The summed E-state index contributed by atoms with van der Waals surface area (Å²) in [5.74, 6) is -9.49. The number of pyridine rings is 1. The molecule has 0 bridgehead atoms. The van der Waals surface area contributed by atoms with Crippen molar-refractivity contribution in [3.63, 3.8) is 0 Å². The first-order valence-corrected chi connectivity index (χ1v) is 13.9. The van der Waals surface area contributed by atoms with Crippen LogP contribution in [-0.4, -0.2) is 67.2 Å². The molecule has 3 aromatic heterocycles. The predicted octanol–water partition coefficient (Wildman–Crippen LogP) is 0.340. The Bertz CT molecular complexity index is 1890. The molecule has 0 saturated carbocycles. The standard InChI is InChI=1S/C28H30BrN7O8/c1-5-15(23(30)37)12-18(6-2)32-24(38)21-22-17(11-14(3)31-21)13-20(36(22)27(40,41)28(42,43)44)16-7-9-19(10-8-16)35-25(29)33-34(4)26(35)39/h5,7-13,40-44H,6H2,1-4H3,(H2,30,37)(H,32,38)/b15-5+,18-12+. The summed E-state index contributed by atoms with van der Waals surface area (Å²) in [5, 5.41) is 58.8. The molecule has 16 heteroatoms. The Morgan fingerprint density at radius 2 is 1.75 bits per heavy atom. The van der Waals surface area contributed by atoms with Crippen LogP contribution < -0.4 is 16.7 Å². The fraction of sp³-hybridized carbons (Fsp3) is 0.250. The molecule has 0 fully saturated rings. The van der Waals surface area contributed by atoms with Crippen molar-refractivity contribution in [2.24, 2.45) is 12.8 Å². The molecule has 0 saturated heterocycles. The lowest BCUT2D eigenvalue weighted by atomic mass is 10.1. The summed E-state index contributed by atoms with van der Waals surface area (Å²) in [6.45, 7) is 4.90. The van der Waals surface area contributed by atoms with E-state index in [1.165, 1.54) is 60.2 Å². The number of amides is 2. The highest BCUT2D eigenvalue weighted by Crippen LogP contribution is 2.37. The van der Waals surface area contributed by atoms with Gasteiger partial charge in [0, 0.05) is 29.4 Å². The molecule has 232 valence electrons. The largest absolute Gasteiger partial charge is 0.366 e. The maximum atomic E-state index is 13.6. The van der Waals surface area contributed by atoms with Crippen molar-refractivity contribution >= 4 is 38.6 Å². The van der Waals surface area contributed by atoms with Gasteiger partial charge < -0.3 is 36.6 Å². The number of nitrogens with one attached hydrogen (secondary N) is 1. The molecule has 0 aliphatic rings. The molecule has 0 aliphatic carbocycles. The molecule has 3 heterocycles. The van der Waals surface area contributed by atoms with Gasteiger partial charge in [0.15, 0.2) is 5.69 Å². The highest BCUT2D eigenvalue weighted by molar-refractivity contribution is 9.10. The summed E-state index contributed by atoms with van der Waals surface area (Å²) in [5.41, 5.74) is 5.64. The highest BCUT2D eigenvalue weighted by atomic mass is 79.9. The van der Waals surface area contributed by atoms with Gasteiger partial charge in [0.25, 0.3) is 5.91 Å². The number of nitrogens with two attached hydrogens (primary N) is 1. The van der Waals surface area contributed by atoms with Gasteiger partial charge in [-0.05, 0) is 72.1 Å². The van der Waals surface area contributed by atoms with Crippen LogP contribution in [0.5, 0.6) is 0 Å². The van der Waals surface area contributed by atoms with Crippen LogP contribution >= 0.6 is 15.9 Å². The van der Waals surface area contributed by atoms with E-state index >= 15 is 0 Å². The van der Waals surface area contributed by atoms with Crippen LogP contribution in [0.25, 0.3) is 27.8 Å². The Kier molecular flexibility index (Phi) is 8.79. The summed E-state index contributed by atoms with van der Waals surface area (Å²) in [6, 6.07) is 8.98. The Morgan fingerprint density at radius 3 is 2.25 bits per heavy atom. The third kappa shape index (κ3) is 5.86. The van der Waals surface area contributed by atoms with Crippen molar-refractivity contribution in [2.45, 2.75) is 39.1 Å². The lowest BCUT2D eigenvalue weighted by Gasteiger charge is -2.33. The van der Waals surface area contributed by atoms with E-state index in [4.69, 9.17) is 5.73 Å². The normalized spacial score (nSPS) is 13.0. The maximum absolute atomic E-state index is 13.6. The summed E-state index contributed by atoms with van der Waals surface area (Å²) >= 11 is 3.23. The van der Waals surface area contributed by atoms with E-state index in [2.05, 4.69) is 31.3 Å². The summed E-state index contributed by atoms with van der Waals surface area (Å²) < 4.78 is 3.19. The number of rotatable bonds is 9. The molecule has 4 aromatic rings. The van der Waals surface area contributed by atoms with Crippen LogP contribution in [0.4, 0.5) is 0 Å². The Hall–Kier alpha value is -4.45. The number of nitrogens with zero attached hydrogens (tertiary/aromatic N) is 5. The molecule has 15 nitrogen and oxygen atoms in total. The molecular formula is C28H30BrN7O8. The van der Waals surface area contributed by atoms with Gasteiger partial charge in [-0.1, -0.05) is 25.1 Å². The van der Waals surface area contributed by atoms with Crippen LogP contribution in [0.3, 0.4) is 0 Å². The Labute approximate surface area is 257 Å². The maximum Gasteiger partial charge on any atom is 0.355 e. The highest BCUT2D eigenvalue weighted by Gasteiger charge is 2.51. The lowest BCUT2D eigenvalue weighted by molar-refractivity contribution is -0.479. The minimum atomic E-state index is -4.11. The van der Waals surface area contributed by atoms with Crippen LogP contribution in [0, 0.1) is 6.92 Å². The second-order valence-electron chi connectivity index (χ2n) is 9.83. The van der Waals surface area contributed by atoms with Gasteiger partial charge in [0.1, 0.15) is 0 Å². The minimum Gasteiger partial charge on any atom is -0.366 e. The van der Waals surface area contributed by atoms with E-state index in [9.17, 15) is 39.9 Å². The van der Waals surface area contributed by atoms with Crippen LogP contribution in [-0.2, 0) is 17.8 Å². The van der Waals surface area contributed by atoms with E-state index < -0.39 is 29.4 Å². The molecule has 0 unspecified atom stereocenters. The Morgan fingerprint density at radius 1 is 1.11 bits per heavy atom. The van der Waals surface area contributed by atoms with Gasteiger partial charge in [-0.2, -0.15) is 0 Å². The second kappa shape index (κ2) is 11.9. The molecule has 0 radical (unpaired) electrons. The van der Waals surface area contributed by atoms with Crippen molar-refractivity contribution in [1.82, 2.24) is 29.2 Å². The zero-order valence-electron chi connectivity index (χ0n) is 24.0. The summed E-state index contributed by atoms with van der Waals surface area (Å²) in [6.07, 6.45) is 3.11. The van der Waals surface area contributed by atoms with E-state index in [1.54, 1.807) is 20.8 Å². The van der Waals surface area contributed by atoms with Gasteiger partial charge >= 0.3 is 17.6 Å². The Balaban J connectivity index is 1.95. The molecule has 2 amide bonds. The van der Waals surface area contributed by atoms with Crippen LogP contribution in [0.15, 0.2) is 69.3 Å². The molecule has 1 aromatic carbocycles. The summed E-state index contributed by atoms with van der Waals surface area (Å²) in [7, 11) is 1.48. The number of aromatic nitrogens is 5. The van der Waals surface area contributed by atoms with E-state index in [0.29, 0.717) is 15.9 Å². The van der Waals surface area contributed by atoms with Gasteiger partial charge in [-0.25, -0.2) is 19.0 Å². The van der Waals surface area contributed by atoms with Crippen molar-refractivity contribution in [3.05, 3.63) is 86.4 Å². The first-order chi connectivity index (χ1) is 20.5. The van der Waals surface area contributed by atoms with Gasteiger partial charge in [-0.3, -0.25) is 14.2 Å². The van der Waals surface area contributed by atoms with Crippen LogP contribution in [0.1, 0.15) is 36.5 Å². The molecule has 8 N–H and O–H groups in total. The number of carbonyl (C=O) groups excluding carboxylic acids is 2. The number of aliphatic hydroxyl groups is 5. The van der Waals surface area contributed by atoms with Gasteiger partial charge in [0.05, 0.1) is 16.9 Å². The quantitative estimate of drug-likeness (QED) is 0.0732. The fourth-order valence-corrected chi connectivity index (χ4v) is 5.16. The summed E-state index contributed by atoms with van der Waals surface area (Å²) in [4.78, 5) is 42.1. The molecule has 44 heavy (non-hydrogen) atoms.